The van der Waals surface area contributed by atoms with Crippen LogP contribution in [0.15, 0.2) is 6.07 Å². The first-order valence-electron chi connectivity index (χ1n) is 7.24. The number of hydrogen-bond donors (Lipinski definition) is 2. The lowest BCUT2D eigenvalue weighted by Gasteiger charge is -2.32. The van der Waals surface area contributed by atoms with E-state index in [0.29, 0.717) is 24.7 Å². The van der Waals surface area contributed by atoms with Crippen molar-refractivity contribution in [2.45, 2.75) is 37.6 Å². The van der Waals surface area contributed by atoms with Gasteiger partial charge in [-0.3, -0.25) is 9.89 Å². The van der Waals surface area contributed by atoms with Gasteiger partial charge in [-0.15, -0.1) is 0 Å². The van der Waals surface area contributed by atoms with Crippen molar-refractivity contribution in [1.82, 2.24) is 19.8 Å². The van der Waals surface area contributed by atoms with Crippen molar-refractivity contribution in [2.75, 3.05) is 19.3 Å². The summed E-state index contributed by atoms with van der Waals surface area (Å²) in [5.74, 6) is 0.401. The number of aromatic amines is 1. The maximum atomic E-state index is 12.4. The van der Waals surface area contributed by atoms with E-state index in [9.17, 15) is 13.2 Å². The fourth-order valence-corrected chi connectivity index (χ4v) is 3.57. The number of nitrogens with one attached hydrogen (secondary N) is 2. The molecule has 21 heavy (non-hydrogen) atoms. The average Bonchev–Trinajstić information content (AvgIpc) is 3.14. The summed E-state index contributed by atoms with van der Waals surface area (Å²) in [4.78, 5) is 14.1. The highest BCUT2D eigenvalue weighted by Gasteiger charge is 2.30. The van der Waals surface area contributed by atoms with Crippen LogP contribution >= 0.6 is 0 Å². The summed E-state index contributed by atoms with van der Waals surface area (Å²) in [5.41, 5.74) is 1.46. The molecule has 0 aromatic carbocycles. The topological polar surface area (TPSA) is 95.2 Å². The highest BCUT2D eigenvalue weighted by Crippen LogP contribution is 2.39. The molecule has 1 saturated heterocycles. The smallest absolute Gasteiger partial charge is 0.274 e. The number of hydrogen-bond acceptors (Lipinski definition) is 4. The fourth-order valence-electron chi connectivity index (χ4n) is 2.77. The highest BCUT2D eigenvalue weighted by atomic mass is 32.2. The van der Waals surface area contributed by atoms with Gasteiger partial charge in [-0.05, 0) is 31.7 Å². The lowest BCUT2D eigenvalue weighted by molar-refractivity contribution is 0.0697. The lowest BCUT2D eigenvalue weighted by atomic mass is 10.1. The molecule has 2 heterocycles. The van der Waals surface area contributed by atoms with Crippen molar-refractivity contribution in [3.8, 4) is 0 Å². The first-order chi connectivity index (χ1) is 9.92. The van der Waals surface area contributed by atoms with Gasteiger partial charge in [0.05, 0.1) is 6.26 Å². The minimum absolute atomic E-state index is 0.127. The van der Waals surface area contributed by atoms with Crippen LogP contribution in [0, 0.1) is 0 Å². The van der Waals surface area contributed by atoms with Gasteiger partial charge < -0.3 is 4.90 Å². The average molecular weight is 312 g/mol. The van der Waals surface area contributed by atoms with E-state index < -0.39 is 10.0 Å². The number of H-pyrrole nitrogens is 1. The molecule has 1 unspecified atom stereocenters. The molecule has 116 valence electrons. The van der Waals surface area contributed by atoms with Crippen molar-refractivity contribution >= 4 is 15.9 Å². The first-order valence-corrected chi connectivity index (χ1v) is 9.13. The van der Waals surface area contributed by atoms with Crippen LogP contribution in [-0.4, -0.2) is 54.8 Å². The van der Waals surface area contributed by atoms with Crippen LogP contribution in [0.3, 0.4) is 0 Å². The van der Waals surface area contributed by atoms with Gasteiger partial charge in [0, 0.05) is 30.7 Å². The Morgan fingerprint density at radius 2 is 2.19 bits per heavy atom. The minimum Gasteiger partial charge on any atom is -0.336 e. The molecular weight excluding hydrogens is 292 g/mol. The van der Waals surface area contributed by atoms with Crippen molar-refractivity contribution in [3.63, 3.8) is 0 Å². The Morgan fingerprint density at radius 1 is 1.43 bits per heavy atom. The van der Waals surface area contributed by atoms with Gasteiger partial charge in [0.25, 0.3) is 5.91 Å². The maximum absolute atomic E-state index is 12.4. The molecule has 3 rings (SSSR count). The molecular formula is C13H20N4O3S. The largest absolute Gasteiger partial charge is 0.336 e. The summed E-state index contributed by atoms with van der Waals surface area (Å²) in [7, 11) is -3.25. The summed E-state index contributed by atoms with van der Waals surface area (Å²) in [6.07, 6.45) is 4.99. The Bertz CT molecular complexity index is 636. The van der Waals surface area contributed by atoms with Crippen molar-refractivity contribution in [1.29, 1.82) is 0 Å². The number of carbonyl (C=O) groups excluding carboxylic acids is 1. The third kappa shape index (κ3) is 3.62. The van der Waals surface area contributed by atoms with Crippen molar-refractivity contribution in [2.24, 2.45) is 0 Å². The van der Waals surface area contributed by atoms with Gasteiger partial charge in [0.1, 0.15) is 5.69 Å². The van der Waals surface area contributed by atoms with Gasteiger partial charge in [0.2, 0.25) is 10.0 Å². The molecule has 2 aliphatic rings. The third-order valence-electron chi connectivity index (χ3n) is 3.92. The number of carbonyl (C=O) groups is 1. The molecule has 0 radical (unpaired) electrons. The maximum Gasteiger partial charge on any atom is 0.274 e. The predicted octanol–water partition coefficient (Wildman–Crippen LogP) is 0.441. The summed E-state index contributed by atoms with van der Waals surface area (Å²) >= 11 is 0. The predicted molar refractivity (Wildman–Crippen MR) is 77.5 cm³/mol. The Labute approximate surface area is 124 Å². The zero-order valence-electron chi connectivity index (χ0n) is 12.0. The standard InChI is InChI=1S/C13H20N4O3S/c1-21(19,20)16-10-3-2-6-17(8-10)13(18)12-7-11(14-15-12)9-4-5-9/h7,9-10,16H,2-6,8H2,1H3,(H,14,15). The van der Waals surface area contributed by atoms with Crippen molar-refractivity contribution < 1.29 is 13.2 Å². The summed E-state index contributed by atoms with van der Waals surface area (Å²) in [6, 6.07) is 1.62. The number of likely N-dealkylation sites (tertiary alicyclic amines) is 1. The monoisotopic (exact) mass is 312 g/mol. The number of amides is 1. The van der Waals surface area contributed by atoms with E-state index in [-0.39, 0.29) is 11.9 Å². The van der Waals surface area contributed by atoms with E-state index in [2.05, 4.69) is 14.9 Å². The van der Waals surface area contributed by atoms with E-state index in [4.69, 9.17) is 0 Å². The lowest BCUT2D eigenvalue weighted by Crippen LogP contribution is -2.49. The van der Waals surface area contributed by atoms with Gasteiger partial charge >= 0.3 is 0 Å². The molecule has 1 aromatic rings. The molecule has 2 N–H and O–H groups in total. The van der Waals surface area contributed by atoms with Crippen LogP contribution in [0.25, 0.3) is 0 Å². The Balaban J connectivity index is 1.65. The van der Waals surface area contributed by atoms with Crippen LogP contribution in [0.2, 0.25) is 0 Å². The van der Waals surface area contributed by atoms with E-state index in [1.165, 1.54) is 0 Å². The number of sulfonamides is 1. The number of piperidine rings is 1. The minimum atomic E-state index is -3.25. The summed E-state index contributed by atoms with van der Waals surface area (Å²) in [5, 5.41) is 7.03. The Kier molecular flexibility index (Phi) is 3.75. The second-order valence-electron chi connectivity index (χ2n) is 5.96. The number of rotatable bonds is 4. The molecule has 1 amide bonds. The molecule has 1 aliphatic carbocycles. The van der Waals surface area contributed by atoms with Gasteiger partial charge in [0.15, 0.2) is 0 Å². The third-order valence-corrected chi connectivity index (χ3v) is 4.68. The molecule has 2 fully saturated rings. The van der Waals surface area contributed by atoms with Gasteiger partial charge in [-0.1, -0.05) is 0 Å². The zero-order chi connectivity index (χ0) is 15.0. The van der Waals surface area contributed by atoms with Gasteiger partial charge in [-0.25, -0.2) is 13.1 Å². The van der Waals surface area contributed by atoms with Crippen LogP contribution in [0.1, 0.15) is 47.8 Å². The van der Waals surface area contributed by atoms with Crippen LogP contribution in [-0.2, 0) is 10.0 Å². The van der Waals surface area contributed by atoms with Crippen LogP contribution in [0.5, 0.6) is 0 Å². The Morgan fingerprint density at radius 3 is 2.86 bits per heavy atom. The summed E-state index contributed by atoms with van der Waals surface area (Å²) in [6.45, 7) is 1.05. The van der Waals surface area contributed by atoms with Crippen molar-refractivity contribution in [3.05, 3.63) is 17.5 Å². The molecule has 8 heteroatoms. The molecule has 0 bridgehead atoms. The molecule has 7 nitrogen and oxygen atoms in total. The van der Waals surface area contributed by atoms with Crippen LogP contribution in [0.4, 0.5) is 0 Å². The number of aromatic nitrogens is 2. The second kappa shape index (κ2) is 5.42. The van der Waals surface area contributed by atoms with E-state index in [1.54, 1.807) is 4.90 Å². The fraction of sp³-hybridized carbons (Fsp3) is 0.692. The molecule has 1 aromatic heterocycles. The quantitative estimate of drug-likeness (QED) is 0.843. The SMILES string of the molecule is CS(=O)(=O)NC1CCCN(C(=O)c2cc(C3CC3)[nH]n2)C1. The number of nitrogens with zero attached hydrogens (tertiary/aromatic N) is 2. The Hall–Kier alpha value is -1.41. The molecule has 0 spiro atoms. The van der Waals surface area contributed by atoms with E-state index in [1.807, 2.05) is 6.07 Å². The molecule has 1 saturated carbocycles. The van der Waals surface area contributed by atoms with E-state index in [0.717, 1.165) is 37.6 Å². The highest BCUT2D eigenvalue weighted by molar-refractivity contribution is 7.88. The van der Waals surface area contributed by atoms with Gasteiger partial charge in [-0.2, -0.15) is 5.10 Å². The summed E-state index contributed by atoms with van der Waals surface area (Å²) < 4.78 is 25.2. The first kappa shape index (κ1) is 14.5. The van der Waals surface area contributed by atoms with E-state index >= 15 is 0 Å². The second-order valence-corrected chi connectivity index (χ2v) is 7.74. The molecule has 1 aliphatic heterocycles. The zero-order valence-corrected chi connectivity index (χ0v) is 12.8. The normalized spacial score (nSPS) is 23.3. The molecule has 1 atom stereocenters. The van der Waals surface area contributed by atoms with Crippen LogP contribution < -0.4 is 4.72 Å².